The van der Waals surface area contributed by atoms with Crippen LogP contribution in [0.5, 0.6) is 0 Å². The van der Waals surface area contributed by atoms with Gasteiger partial charge in [-0.15, -0.1) is 0 Å². The lowest BCUT2D eigenvalue weighted by atomic mass is 10.1. The lowest BCUT2D eigenvalue weighted by molar-refractivity contribution is 0.122. The van der Waals surface area contributed by atoms with Crippen LogP contribution in [0.4, 0.5) is 0 Å². The van der Waals surface area contributed by atoms with Gasteiger partial charge in [-0.2, -0.15) is 0 Å². The summed E-state index contributed by atoms with van der Waals surface area (Å²) < 4.78 is 98.6. The van der Waals surface area contributed by atoms with Gasteiger partial charge in [0.25, 0.3) is 0 Å². The molecule has 1 heterocycles. The van der Waals surface area contributed by atoms with Gasteiger partial charge >= 0.3 is 69.5 Å². The van der Waals surface area contributed by atoms with Gasteiger partial charge in [-0.1, -0.05) is 231 Å². The highest BCUT2D eigenvalue weighted by molar-refractivity contribution is 6.94. The molecule has 1 aliphatic rings. The minimum Gasteiger partial charge on any atom is -0.416 e. The van der Waals surface area contributed by atoms with Gasteiger partial charge in [0.05, 0.1) is 0 Å². The summed E-state index contributed by atoms with van der Waals surface area (Å²) in [7, 11) is 0.0138. The van der Waals surface area contributed by atoms with Crippen LogP contribution in [0.15, 0.2) is 0 Å². The van der Waals surface area contributed by atoms with Crippen LogP contribution in [0.25, 0.3) is 0 Å². The normalized spacial score (nSPS) is 20.7. The first-order chi connectivity index (χ1) is 42.4. The van der Waals surface area contributed by atoms with E-state index in [9.17, 15) is 0 Å². The first-order valence-corrected chi connectivity index (χ1v) is 53.6. The van der Waals surface area contributed by atoms with Crippen LogP contribution in [0.1, 0.15) is 257 Å². The van der Waals surface area contributed by atoms with Crippen LogP contribution in [-0.2, 0) is 69.6 Å². The molecule has 0 aromatic heterocycles. The maximum absolute atomic E-state index is 7.75. The molecule has 0 aromatic carbocycles. The van der Waals surface area contributed by atoms with Crippen LogP contribution in [0.2, 0.25) is 74.5 Å². The van der Waals surface area contributed by atoms with Crippen molar-refractivity contribution in [1.29, 1.82) is 0 Å². The third-order valence-electron chi connectivity index (χ3n) is 18.9. The van der Waals surface area contributed by atoms with E-state index in [1.165, 1.54) is 205 Å². The SMILES string of the molecule is CO[Si](CCCCCCCCCCCC[Si]1(C)O[Si](C)(CCCCCCCCCCCC[Si](OC)(OC)OC)O[Si](C)(CCCCCCCCCCCC[Si](OC)(OC)OC)O[Si](C)(CCCCCCCCCCCC[Si](OC)(OC)OC)O1)(OC)OC. The number of hydrogen-bond acceptors (Lipinski definition) is 16. The summed E-state index contributed by atoms with van der Waals surface area (Å²) in [6, 6.07) is 7.66. The average Bonchev–Trinajstić information content (AvgIpc) is 1.55. The van der Waals surface area contributed by atoms with Crippen molar-refractivity contribution >= 4 is 69.5 Å². The summed E-state index contributed by atoms with van der Waals surface area (Å²) in [5.74, 6) is 0. The zero-order valence-electron chi connectivity index (χ0n) is 60.5. The van der Waals surface area contributed by atoms with Crippen LogP contribution in [0, 0.1) is 0 Å². The molecule has 0 bridgehead atoms. The molecule has 1 fully saturated rings. The van der Waals surface area contributed by atoms with Crippen LogP contribution in [-0.4, -0.2) is 155 Å². The third-order valence-corrected chi connectivity index (χ3v) is 49.1. The van der Waals surface area contributed by atoms with Crippen molar-refractivity contribution in [1.82, 2.24) is 0 Å². The Hall–Kier alpha value is 1.10. The molecule has 0 N–H and O–H groups in total. The molecule has 0 unspecified atom stereocenters. The Morgan fingerprint density at radius 1 is 0.170 bits per heavy atom. The predicted molar refractivity (Wildman–Crippen MR) is 381 cm³/mol. The van der Waals surface area contributed by atoms with E-state index in [-0.39, 0.29) is 0 Å². The minimum atomic E-state index is -2.67. The van der Waals surface area contributed by atoms with E-state index in [4.69, 9.17) is 69.6 Å². The molecule has 88 heavy (non-hydrogen) atoms. The molecule has 0 amide bonds. The highest BCUT2D eigenvalue weighted by Crippen LogP contribution is 2.40. The monoisotopic (exact) mass is 1390 g/mol. The zero-order chi connectivity index (χ0) is 65.3. The second-order valence-corrected chi connectivity index (χ2v) is 53.0. The van der Waals surface area contributed by atoms with E-state index < -0.39 is 69.5 Å². The van der Waals surface area contributed by atoms with Crippen molar-refractivity contribution in [3.63, 3.8) is 0 Å². The van der Waals surface area contributed by atoms with E-state index >= 15 is 0 Å². The smallest absolute Gasteiger partial charge is 0.416 e. The first-order valence-electron chi connectivity index (χ1n) is 35.8. The second-order valence-electron chi connectivity index (χ2n) is 26.3. The molecular formula is C64H144O16Si8. The summed E-state index contributed by atoms with van der Waals surface area (Å²) in [4.78, 5) is 0. The predicted octanol–water partition coefficient (Wildman–Crippen LogP) is 19.5. The van der Waals surface area contributed by atoms with Crippen LogP contribution >= 0.6 is 0 Å². The molecule has 0 saturated carbocycles. The van der Waals surface area contributed by atoms with Crippen molar-refractivity contribution in [3.05, 3.63) is 0 Å². The number of rotatable bonds is 64. The largest absolute Gasteiger partial charge is 0.500 e. The molecule has 0 spiro atoms. The molecule has 16 nitrogen and oxygen atoms in total. The van der Waals surface area contributed by atoms with Crippen LogP contribution in [0.3, 0.4) is 0 Å². The molecule has 1 rings (SSSR count). The van der Waals surface area contributed by atoms with Gasteiger partial charge in [-0.25, -0.2) is 0 Å². The van der Waals surface area contributed by atoms with E-state index in [0.29, 0.717) is 0 Å². The molecule has 0 aliphatic carbocycles. The van der Waals surface area contributed by atoms with Crippen molar-refractivity contribution in [3.8, 4) is 0 Å². The Bertz CT molecular complexity index is 1320. The quantitative estimate of drug-likeness (QED) is 0.0420. The van der Waals surface area contributed by atoms with Crippen molar-refractivity contribution < 1.29 is 69.6 Å². The second kappa shape index (κ2) is 52.2. The number of unbranched alkanes of at least 4 members (excludes halogenated alkanes) is 36. The Labute approximate surface area is 552 Å². The van der Waals surface area contributed by atoms with Gasteiger partial charge in [0.15, 0.2) is 0 Å². The fraction of sp³-hybridized carbons (Fsp3) is 1.00. The molecule has 0 aromatic rings. The Morgan fingerprint density at radius 3 is 0.386 bits per heavy atom. The van der Waals surface area contributed by atoms with Gasteiger partial charge < -0.3 is 69.6 Å². The van der Waals surface area contributed by atoms with Crippen LogP contribution < -0.4 is 0 Å². The Morgan fingerprint density at radius 2 is 0.273 bits per heavy atom. The van der Waals surface area contributed by atoms with Gasteiger partial charge in [0.2, 0.25) is 0 Å². The minimum absolute atomic E-state index is 0.889. The lowest BCUT2D eigenvalue weighted by Gasteiger charge is -2.50. The summed E-state index contributed by atoms with van der Waals surface area (Å²) in [5, 5.41) is 0. The molecule has 24 heteroatoms. The summed E-state index contributed by atoms with van der Waals surface area (Å²) in [5.41, 5.74) is 0. The summed E-state index contributed by atoms with van der Waals surface area (Å²) >= 11 is 0. The molecule has 528 valence electrons. The maximum Gasteiger partial charge on any atom is 0.500 e. The van der Waals surface area contributed by atoms with Crippen molar-refractivity contribution in [2.24, 2.45) is 0 Å². The van der Waals surface area contributed by atoms with Crippen molar-refractivity contribution in [2.45, 2.75) is 331 Å². The van der Waals surface area contributed by atoms with Gasteiger partial charge in [-0.05, 0) is 76.0 Å². The Kier molecular flexibility index (Phi) is 51.7. The average molecular weight is 1390 g/mol. The molecule has 1 aliphatic heterocycles. The highest BCUT2D eigenvalue weighted by Gasteiger charge is 2.56. The van der Waals surface area contributed by atoms with E-state index in [0.717, 1.165) is 99.7 Å². The molecule has 0 radical (unpaired) electrons. The fourth-order valence-corrected chi connectivity index (χ4v) is 44.1. The van der Waals surface area contributed by atoms with Crippen molar-refractivity contribution in [2.75, 3.05) is 85.3 Å². The van der Waals surface area contributed by atoms with E-state index in [2.05, 4.69) is 26.2 Å². The molecular weight excluding hydrogens is 1250 g/mol. The summed E-state index contributed by atoms with van der Waals surface area (Å²) in [6.45, 7) is 9.63. The molecule has 1 saturated heterocycles. The van der Waals surface area contributed by atoms with Gasteiger partial charge in [0, 0.05) is 109 Å². The van der Waals surface area contributed by atoms with Gasteiger partial charge in [0.1, 0.15) is 0 Å². The number of hydrogen-bond donors (Lipinski definition) is 0. The van der Waals surface area contributed by atoms with E-state index in [1.807, 2.05) is 0 Å². The lowest BCUT2D eigenvalue weighted by Crippen LogP contribution is -2.67. The molecule has 0 atom stereocenters. The fourth-order valence-electron chi connectivity index (χ4n) is 13.4. The van der Waals surface area contributed by atoms with Gasteiger partial charge in [-0.3, -0.25) is 0 Å². The maximum atomic E-state index is 7.75. The Balaban J connectivity index is 3.05. The van der Waals surface area contributed by atoms with E-state index in [1.54, 1.807) is 85.3 Å². The zero-order valence-corrected chi connectivity index (χ0v) is 68.5. The third kappa shape index (κ3) is 38.7. The first kappa shape index (κ1) is 87.1. The standard InChI is InChI=1S/C64H144O16Si8/c1-65-85(66-2,67-3)61-53-45-37-29-21-17-25-33-41-49-57-81(13)77-82(14,58-50-42-34-26-18-22-30-38-46-54-62-86(68-4,69-5)70-6)79-84(16,60-52-44-36-28-20-24-32-40-48-56-64-88(74-10,75-11)76-12)80-83(15,78-81)59-51-43-35-27-19-23-31-39-47-55-63-87(71-7,72-8)73-9/h17-64H2,1-16H3. The highest BCUT2D eigenvalue weighted by atomic mass is 28.5. The summed E-state index contributed by atoms with van der Waals surface area (Å²) in [6.07, 6.45) is 49.7. The topological polar surface area (TPSA) is 148 Å².